The predicted molar refractivity (Wildman–Crippen MR) is 93.0 cm³/mol. The summed E-state index contributed by atoms with van der Waals surface area (Å²) in [6, 6.07) is 11.7. The van der Waals surface area contributed by atoms with Crippen LogP contribution in [0.4, 0.5) is 5.82 Å². The number of amides is 1. The van der Waals surface area contributed by atoms with Crippen LogP contribution in [0.1, 0.15) is 18.5 Å². The minimum Gasteiger partial charge on any atom is -0.366 e. The molecule has 0 unspecified atom stereocenters. The number of carbonyl (C=O) groups excluding carboxylic acids is 1. The monoisotopic (exact) mass is 337 g/mol. The number of hydrogen-bond acceptors (Lipinski definition) is 6. The van der Waals surface area contributed by atoms with Crippen molar-refractivity contribution >= 4 is 22.7 Å². The van der Waals surface area contributed by atoms with Gasteiger partial charge in [-0.1, -0.05) is 17.3 Å². The van der Waals surface area contributed by atoms with Crippen LogP contribution in [0.5, 0.6) is 0 Å². The lowest BCUT2D eigenvalue weighted by Crippen LogP contribution is -2.43. The van der Waals surface area contributed by atoms with Gasteiger partial charge in [0.1, 0.15) is 11.5 Å². The average molecular weight is 337 g/mol. The molecule has 0 atom stereocenters. The van der Waals surface area contributed by atoms with Crippen LogP contribution in [0.25, 0.3) is 11.0 Å². The highest BCUT2D eigenvalue weighted by atomic mass is 16.5. The van der Waals surface area contributed by atoms with Crippen molar-refractivity contribution in [2.24, 2.45) is 0 Å². The summed E-state index contributed by atoms with van der Waals surface area (Å²) in [6.07, 6.45) is 3.71. The molecule has 3 aromatic rings. The van der Waals surface area contributed by atoms with Gasteiger partial charge >= 0.3 is 0 Å². The maximum absolute atomic E-state index is 12.6. The number of piperidine rings is 1. The molecular formula is C18H19N5O2. The SMILES string of the molecule is O=C(Cc1noc2ccccc12)N1CCC(Nc2cccnn2)CC1. The summed E-state index contributed by atoms with van der Waals surface area (Å²) in [5.41, 5.74) is 1.43. The average Bonchev–Trinajstić information content (AvgIpc) is 3.06. The highest BCUT2D eigenvalue weighted by Crippen LogP contribution is 2.20. The van der Waals surface area contributed by atoms with Gasteiger partial charge in [0.25, 0.3) is 0 Å². The number of nitrogens with zero attached hydrogens (tertiary/aromatic N) is 4. The topological polar surface area (TPSA) is 84.2 Å². The molecule has 1 aliphatic rings. The Balaban J connectivity index is 1.33. The van der Waals surface area contributed by atoms with Gasteiger partial charge < -0.3 is 14.7 Å². The van der Waals surface area contributed by atoms with E-state index in [1.165, 1.54) is 0 Å². The highest BCUT2D eigenvalue weighted by Gasteiger charge is 2.24. The van der Waals surface area contributed by atoms with Crippen molar-refractivity contribution in [2.75, 3.05) is 18.4 Å². The van der Waals surface area contributed by atoms with E-state index < -0.39 is 0 Å². The van der Waals surface area contributed by atoms with Crippen molar-refractivity contribution in [3.05, 3.63) is 48.3 Å². The summed E-state index contributed by atoms with van der Waals surface area (Å²) >= 11 is 0. The summed E-state index contributed by atoms with van der Waals surface area (Å²) in [4.78, 5) is 14.5. The van der Waals surface area contributed by atoms with E-state index in [1.807, 2.05) is 41.3 Å². The van der Waals surface area contributed by atoms with Crippen LogP contribution >= 0.6 is 0 Å². The van der Waals surface area contributed by atoms with Crippen molar-refractivity contribution in [2.45, 2.75) is 25.3 Å². The molecule has 128 valence electrons. The van der Waals surface area contributed by atoms with E-state index in [1.54, 1.807) is 6.20 Å². The van der Waals surface area contributed by atoms with E-state index in [0.29, 0.717) is 11.7 Å². The Hall–Kier alpha value is -2.96. The number of hydrogen-bond donors (Lipinski definition) is 1. The largest absolute Gasteiger partial charge is 0.366 e. The molecule has 1 fully saturated rings. The molecule has 1 aliphatic heterocycles. The number of fused-ring (bicyclic) bond motifs is 1. The fraction of sp³-hybridized carbons (Fsp3) is 0.333. The zero-order chi connectivity index (χ0) is 17.1. The first-order chi connectivity index (χ1) is 12.3. The Bertz CT molecular complexity index is 856. The lowest BCUT2D eigenvalue weighted by Gasteiger charge is -2.32. The third-order valence-electron chi connectivity index (χ3n) is 4.54. The Morgan fingerprint density at radius 1 is 1.20 bits per heavy atom. The number of nitrogens with one attached hydrogen (secondary N) is 1. The quantitative estimate of drug-likeness (QED) is 0.786. The molecule has 3 heterocycles. The van der Waals surface area contributed by atoms with Gasteiger partial charge in [0.15, 0.2) is 5.58 Å². The van der Waals surface area contributed by atoms with Crippen LogP contribution in [-0.4, -0.2) is 45.3 Å². The zero-order valence-electron chi connectivity index (χ0n) is 13.8. The van der Waals surface area contributed by atoms with Crippen molar-refractivity contribution < 1.29 is 9.32 Å². The van der Waals surface area contributed by atoms with Crippen LogP contribution < -0.4 is 5.32 Å². The Morgan fingerprint density at radius 3 is 2.84 bits per heavy atom. The molecule has 1 saturated heterocycles. The second kappa shape index (κ2) is 6.88. The number of likely N-dealkylation sites (tertiary alicyclic amines) is 1. The summed E-state index contributed by atoms with van der Waals surface area (Å²) in [7, 11) is 0. The molecule has 2 aromatic heterocycles. The van der Waals surface area contributed by atoms with Gasteiger partial charge in [-0.15, -0.1) is 5.10 Å². The van der Waals surface area contributed by atoms with Crippen LogP contribution in [-0.2, 0) is 11.2 Å². The van der Waals surface area contributed by atoms with Crippen LogP contribution in [0, 0.1) is 0 Å². The fourth-order valence-corrected chi connectivity index (χ4v) is 3.18. The normalized spacial score (nSPS) is 15.4. The van der Waals surface area contributed by atoms with Crippen molar-refractivity contribution in [3.8, 4) is 0 Å². The third-order valence-corrected chi connectivity index (χ3v) is 4.54. The molecule has 0 spiro atoms. The number of aromatic nitrogens is 3. The number of carbonyl (C=O) groups is 1. The second-order valence-electron chi connectivity index (χ2n) is 6.21. The molecule has 1 amide bonds. The summed E-state index contributed by atoms with van der Waals surface area (Å²) in [5.74, 6) is 0.873. The van der Waals surface area contributed by atoms with Crippen LogP contribution in [0.2, 0.25) is 0 Å². The van der Waals surface area contributed by atoms with Gasteiger partial charge in [-0.2, -0.15) is 5.10 Å². The minimum absolute atomic E-state index is 0.0944. The first-order valence-corrected chi connectivity index (χ1v) is 8.45. The molecule has 7 heteroatoms. The van der Waals surface area contributed by atoms with Gasteiger partial charge in [0.05, 0.1) is 6.42 Å². The van der Waals surface area contributed by atoms with Gasteiger partial charge in [-0.3, -0.25) is 4.79 Å². The third kappa shape index (κ3) is 3.45. The van der Waals surface area contributed by atoms with Gasteiger partial charge in [0.2, 0.25) is 5.91 Å². The Labute approximate surface area is 145 Å². The molecule has 25 heavy (non-hydrogen) atoms. The summed E-state index contributed by atoms with van der Waals surface area (Å²) < 4.78 is 5.28. The molecule has 4 rings (SSSR count). The van der Waals surface area contributed by atoms with E-state index in [4.69, 9.17) is 4.52 Å². The van der Waals surface area contributed by atoms with E-state index in [-0.39, 0.29) is 12.3 Å². The fourth-order valence-electron chi connectivity index (χ4n) is 3.18. The molecule has 0 saturated carbocycles. The minimum atomic E-state index is 0.0944. The number of benzene rings is 1. The Kier molecular flexibility index (Phi) is 4.28. The first-order valence-electron chi connectivity index (χ1n) is 8.45. The lowest BCUT2D eigenvalue weighted by atomic mass is 10.0. The molecule has 1 aromatic carbocycles. The van der Waals surface area contributed by atoms with Crippen LogP contribution in [0.15, 0.2) is 47.1 Å². The Morgan fingerprint density at radius 2 is 2.04 bits per heavy atom. The van der Waals surface area contributed by atoms with Crippen molar-refractivity contribution in [3.63, 3.8) is 0 Å². The van der Waals surface area contributed by atoms with Gasteiger partial charge in [0, 0.05) is 30.7 Å². The smallest absolute Gasteiger partial charge is 0.228 e. The predicted octanol–water partition coefficient (Wildman–Crippen LogP) is 2.26. The van der Waals surface area contributed by atoms with E-state index in [0.717, 1.165) is 42.7 Å². The summed E-state index contributed by atoms with van der Waals surface area (Å²) in [6.45, 7) is 1.46. The van der Waals surface area contributed by atoms with E-state index >= 15 is 0 Å². The first kappa shape index (κ1) is 15.6. The van der Waals surface area contributed by atoms with Crippen molar-refractivity contribution in [1.29, 1.82) is 0 Å². The molecule has 7 nitrogen and oxygen atoms in total. The zero-order valence-corrected chi connectivity index (χ0v) is 13.8. The van der Waals surface area contributed by atoms with E-state index in [9.17, 15) is 4.79 Å². The highest BCUT2D eigenvalue weighted by molar-refractivity contribution is 5.86. The van der Waals surface area contributed by atoms with Crippen LogP contribution in [0.3, 0.4) is 0 Å². The lowest BCUT2D eigenvalue weighted by molar-refractivity contribution is -0.131. The van der Waals surface area contributed by atoms with Gasteiger partial charge in [-0.25, -0.2) is 0 Å². The molecular weight excluding hydrogens is 318 g/mol. The molecule has 0 radical (unpaired) electrons. The van der Waals surface area contributed by atoms with Crippen molar-refractivity contribution in [1.82, 2.24) is 20.3 Å². The maximum atomic E-state index is 12.6. The number of rotatable bonds is 4. The standard InChI is InChI=1S/C18H19N5O2/c24-18(12-15-14-4-1-2-5-16(14)25-22-15)23-10-7-13(8-11-23)20-17-6-3-9-19-21-17/h1-6,9,13H,7-8,10-12H2,(H,20,21). The number of para-hydroxylation sites is 1. The molecule has 0 bridgehead atoms. The molecule has 0 aliphatic carbocycles. The van der Waals surface area contributed by atoms with Gasteiger partial charge in [-0.05, 0) is 37.1 Å². The van der Waals surface area contributed by atoms with E-state index in [2.05, 4.69) is 20.7 Å². The number of anilines is 1. The second-order valence-corrected chi connectivity index (χ2v) is 6.21. The summed E-state index contributed by atoms with van der Waals surface area (Å²) in [5, 5.41) is 16.2. The maximum Gasteiger partial charge on any atom is 0.228 e. The molecule has 1 N–H and O–H groups in total.